The molecule has 0 saturated carbocycles. The van der Waals surface area contributed by atoms with E-state index in [1.54, 1.807) is 42.1 Å². The largest absolute Gasteiger partial charge is 0.399 e. The van der Waals surface area contributed by atoms with Crippen molar-refractivity contribution in [1.82, 2.24) is 9.78 Å². The lowest BCUT2D eigenvalue weighted by Crippen LogP contribution is -2.04. The van der Waals surface area contributed by atoms with Gasteiger partial charge in [0.05, 0.1) is 28.0 Å². The molecule has 0 spiro atoms. The SMILES string of the molecule is CCS(=O)(=O)c1ccc(-n2ncc3ccc(N)cc32)cc1. The van der Waals surface area contributed by atoms with Crippen LogP contribution in [-0.4, -0.2) is 24.0 Å². The summed E-state index contributed by atoms with van der Waals surface area (Å²) in [6, 6.07) is 12.3. The van der Waals surface area contributed by atoms with Crippen LogP contribution < -0.4 is 5.73 Å². The van der Waals surface area contributed by atoms with Gasteiger partial charge in [-0.3, -0.25) is 0 Å². The Labute approximate surface area is 122 Å². The Hall–Kier alpha value is -2.34. The monoisotopic (exact) mass is 301 g/mol. The van der Waals surface area contributed by atoms with E-state index in [0.29, 0.717) is 10.6 Å². The number of rotatable bonds is 3. The number of sulfone groups is 1. The van der Waals surface area contributed by atoms with E-state index in [9.17, 15) is 8.42 Å². The van der Waals surface area contributed by atoms with Gasteiger partial charge in [-0.25, -0.2) is 13.1 Å². The van der Waals surface area contributed by atoms with Crippen molar-refractivity contribution in [2.24, 2.45) is 0 Å². The molecule has 0 fully saturated rings. The van der Waals surface area contributed by atoms with E-state index in [-0.39, 0.29) is 5.75 Å². The predicted octanol–water partition coefficient (Wildman–Crippen LogP) is 2.40. The molecule has 0 aliphatic heterocycles. The lowest BCUT2D eigenvalue weighted by molar-refractivity contribution is 0.597. The lowest BCUT2D eigenvalue weighted by atomic mass is 10.2. The van der Waals surface area contributed by atoms with Crippen LogP contribution in [0.25, 0.3) is 16.6 Å². The fraction of sp³-hybridized carbons (Fsp3) is 0.133. The molecular weight excluding hydrogens is 286 g/mol. The maximum absolute atomic E-state index is 11.8. The first-order valence-electron chi connectivity index (χ1n) is 6.58. The molecule has 3 rings (SSSR count). The molecule has 0 amide bonds. The fourth-order valence-electron chi connectivity index (χ4n) is 2.20. The number of benzene rings is 2. The number of fused-ring (bicyclic) bond motifs is 1. The lowest BCUT2D eigenvalue weighted by Gasteiger charge is -2.06. The molecular formula is C15H15N3O2S. The van der Waals surface area contributed by atoms with Gasteiger partial charge in [0.1, 0.15) is 0 Å². The molecule has 5 nitrogen and oxygen atoms in total. The Morgan fingerprint density at radius 1 is 1.14 bits per heavy atom. The highest BCUT2D eigenvalue weighted by atomic mass is 32.2. The second-order valence-electron chi connectivity index (χ2n) is 4.77. The minimum atomic E-state index is -3.18. The average molecular weight is 301 g/mol. The van der Waals surface area contributed by atoms with Crippen molar-refractivity contribution in [1.29, 1.82) is 0 Å². The minimum absolute atomic E-state index is 0.0909. The van der Waals surface area contributed by atoms with Crippen LogP contribution in [0.2, 0.25) is 0 Å². The highest BCUT2D eigenvalue weighted by Crippen LogP contribution is 2.22. The van der Waals surface area contributed by atoms with Gasteiger partial charge in [-0.15, -0.1) is 0 Å². The first-order valence-corrected chi connectivity index (χ1v) is 8.23. The standard InChI is InChI=1S/C15H15N3O2S/c1-2-21(19,20)14-7-5-13(6-8-14)18-15-9-12(16)4-3-11(15)10-17-18/h3-10H,2,16H2,1H3. The van der Waals surface area contributed by atoms with Crippen molar-refractivity contribution in [3.63, 3.8) is 0 Å². The molecule has 0 saturated heterocycles. The third-order valence-corrected chi connectivity index (χ3v) is 5.17. The van der Waals surface area contributed by atoms with Gasteiger partial charge in [0, 0.05) is 11.1 Å². The number of anilines is 1. The maximum atomic E-state index is 11.8. The molecule has 0 unspecified atom stereocenters. The highest BCUT2D eigenvalue weighted by Gasteiger charge is 2.12. The van der Waals surface area contributed by atoms with Crippen molar-refractivity contribution < 1.29 is 8.42 Å². The van der Waals surface area contributed by atoms with Crippen molar-refractivity contribution in [2.45, 2.75) is 11.8 Å². The molecule has 0 atom stereocenters. The van der Waals surface area contributed by atoms with Crippen LogP contribution in [0.15, 0.2) is 53.6 Å². The molecule has 3 aromatic rings. The molecule has 0 aliphatic carbocycles. The summed E-state index contributed by atoms with van der Waals surface area (Å²) in [6.45, 7) is 1.63. The van der Waals surface area contributed by atoms with E-state index in [1.165, 1.54) is 0 Å². The van der Waals surface area contributed by atoms with Crippen LogP contribution in [0.5, 0.6) is 0 Å². The number of hydrogen-bond donors (Lipinski definition) is 1. The molecule has 1 aromatic heterocycles. The molecule has 1 heterocycles. The van der Waals surface area contributed by atoms with Gasteiger partial charge in [0.15, 0.2) is 9.84 Å². The normalized spacial score (nSPS) is 11.9. The summed E-state index contributed by atoms with van der Waals surface area (Å²) in [5.74, 6) is 0.0909. The van der Waals surface area contributed by atoms with Gasteiger partial charge in [-0.1, -0.05) is 6.92 Å². The number of nitrogen functional groups attached to an aromatic ring is 1. The molecule has 2 N–H and O–H groups in total. The van der Waals surface area contributed by atoms with Gasteiger partial charge in [-0.2, -0.15) is 5.10 Å². The number of nitrogens with two attached hydrogens (primary N) is 1. The van der Waals surface area contributed by atoms with Crippen molar-refractivity contribution in [3.05, 3.63) is 48.7 Å². The molecule has 6 heteroatoms. The summed E-state index contributed by atoms with van der Waals surface area (Å²) in [4.78, 5) is 0.324. The maximum Gasteiger partial charge on any atom is 0.178 e. The van der Waals surface area contributed by atoms with E-state index in [0.717, 1.165) is 16.6 Å². The molecule has 21 heavy (non-hydrogen) atoms. The summed E-state index contributed by atoms with van der Waals surface area (Å²) < 4.78 is 25.4. The summed E-state index contributed by atoms with van der Waals surface area (Å²) >= 11 is 0. The molecule has 0 bridgehead atoms. The summed E-state index contributed by atoms with van der Waals surface area (Å²) in [5, 5.41) is 5.31. The Kier molecular flexibility index (Phi) is 3.17. The predicted molar refractivity (Wildman–Crippen MR) is 83.2 cm³/mol. The van der Waals surface area contributed by atoms with Crippen LogP contribution in [-0.2, 0) is 9.84 Å². The van der Waals surface area contributed by atoms with E-state index in [2.05, 4.69) is 5.10 Å². The van der Waals surface area contributed by atoms with Crippen LogP contribution in [0, 0.1) is 0 Å². The number of hydrogen-bond acceptors (Lipinski definition) is 4. The summed E-state index contributed by atoms with van der Waals surface area (Å²) in [5.41, 5.74) is 8.16. The fourth-order valence-corrected chi connectivity index (χ4v) is 3.09. The topological polar surface area (TPSA) is 78.0 Å². The summed E-state index contributed by atoms with van der Waals surface area (Å²) in [7, 11) is -3.18. The van der Waals surface area contributed by atoms with Crippen LogP contribution in [0.3, 0.4) is 0 Å². The highest BCUT2D eigenvalue weighted by molar-refractivity contribution is 7.91. The first-order chi connectivity index (χ1) is 10.0. The van der Waals surface area contributed by atoms with Gasteiger partial charge < -0.3 is 5.73 Å². The van der Waals surface area contributed by atoms with E-state index in [4.69, 9.17) is 5.73 Å². The Morgan fingerprint density at radius 2 is 1.86 bits per heavy atom. The Morgan fingerprint density at radius 3 is 2.52 bits per heavy atom. The first kappa shape index (κ1) is 13.6. The third kappa shape index (κ3) is 2.38. The molecule has 0 aliphatic rings. The second-order valence-corrected chi connectivity index (χ2v) is 7.05. The zero-order chi connectivity index (χ0) is 15.0. The smallest absolute Gasteiger partial charge is 0.178 e. The quantitative estimate of drug-likeness (QED) is 0.753. The minimum Gasteiger partial charge on any atom is -0.399 e. The number of nitrogens with zero attached hydrogens (tertiary/aromatic N) is 2. The van der Waals surface area contributed by atoms with Gasteiger partial charge >= 0.3 is 0 Å². The average Bonchev–Trinajstić information content (AvgIpc) is 2.90. The van der Waals surface area contributed by atoms with Gasteiger partial charge in [0.2, 0.25) is 0 Å². The number of aromatic nitrogens is 2. The van der Waals surface area contributed by atoms with Crippen molar-refractivity contribution >= 4 is 26.4 Å². The van der Waals surface area contributed by atoms with Crippen molar-refractivity contribution in [2.75, 3.05) is 11.5 Å². The zero-order valence-corrected chi connectivity index (χ0v) is 12.3. The van der Waals surface area contributed by atoms with E-state index < -0.39 is 9.84 Å². The third-order valence-electron chi connectivity index (χ3n) is 3.42. The van der Waals surface area contributed by atoms with Gasteiger partial charge in [-0.05, 0) is 42.5 Å². The zero-order valence-electron chi connectivity index (χ0n) is 11.5. The van der Waals surface area contributed by atoms with Gasteiger partial charge in [0.25, 0.3) is 0 Å². The molecule has 0 radical (unpaired) electrons. The van der Waals surface area contributed by atoms with E-state index in [1.807, 2.05) is 18.2 Å². The van der Waals surface area contributed by atoms with Crippen LogP contribution in [0.4, 0.5) is 5.69 Å². The summed E-state index contributed by atoms with van der Waals surface area (Å²) in [6.07, 6.45) is 1.76. The molecule has 108 valence electrons. The molecule has 2 aromatic carbocycles. The Bertz CT molecular complexity index is 896. The van der Waals surface area contributed by atoms with Crippen molar-refractivity contribution in [3.8, 4) is 5.69 Å². The van der Waals surface area contributed by atoms with Crippen LogP contribution >= 0.6 is 0 Å². The van der Waals surface area contributed by atoms with E-state index >= 15 is 0 Å². The van der Waals surface area contributed by atoms with Crippen LogP contribution in [0.1, 0.15) is 6.92 Å². The second kappa shape index (κ2) is 4.89. The Balaban J connectivity index is 2.09.